The maximum atomic E-state index is 12.9. The second kappa shape index (κ2) is 10.1. The molecule has 5 rings (SSSR count). The summed E-state index contributed by atoms with van der Waals surface area (Å²) in [4.78, 5) is 33.8. The minimum absolute atomic E-state index is 0.0548. The number of hydrogen-bond acceptors (Lipinski definition) is 7. The van der Waals surface area contributed by atoms with Gasteiger partial charge in [0.1, 0.15) is 5.75 Å². The maximum absolute atomic E-state index is 12.9. The first kappa shape index (κ1) is 22.8. The van der Waals surface area contributed by atoms with E-state index in [1.807, 2.05) is 6.07 Å². The molecule has 3 aromatic rings. The van der Waals surface area contributed by atoms with Gasteiger partial charge in [0.05, 0.1) is 5.69 Å². The third kappa shape index (κ3) is 5.25. The van der Waals surface area contributed by atoms with Crippen LogP contribution in [0.15, 0.2) is 60.8 Å². The van der Waals surface area contributed by atoms with E-state index in [9.17, 15) is 9.59 Å². The van der Waals surface area contributed by atoms with Gasteiger partial charge in [-0.15, -0.1) is 0 Å². The highest BCUT2D eigenvalue weighted by Gasteiger charge is 2.24. The number of fused-ring (bicyclic) bond motifs is 1. The summed E-state index contributed by atoms with van der Waals surface area (Å²) < 4.78 is 16.3. The molecule has 2 aliphatic rings. The van der Waals surface area contributed by atoms with Crippen molar-refractivity contribution in [1.29, 1.82) is 0 Å². The number of ether oxygens (including phenoxy) is 3. The number of anilines is 2. The molecule has 0 atom stereocenters. The van der Waals surface area contributed by atoms with Crippen LogP contribution in [0, 0.1) is 0 Å². The number of pyridine rings is 1. The van der Waals surface area contributed by atoms with Gasteiger partial charge in [-0.2, -0.15) is 0 Å². The van der Waals surface area contributed by atoms with Gasteiger partial charge in [0, 0.05) is 43.0 Å². The average molecular weight is 495 g/mol. The SMILES string of the molecule is O=C(Nc1cccnc1N1CCN(C(=O)COc2cccc(Cl)c2)CC1)c1ccc2c(c1)OCO2. The van der Waals surface area contributed by atoms with Crippen LogP contribution in [0.3, 0.4) is 0 Å². The molecule has 9 nitrogen and oxygen atoms in total. The number of halogens is 1. The van der Waals surface area contributed by atoms with Gasteiger partial charge in [-0.25, -0.2) is 4.98 Å². The van der Waals surface area contributed by atoms with E-state index in [-0.39, 0.29) is 25.2 Å². The second-order valence-corrected chi connectivity index (χ2v) is 8.45. The highest BCUT2D eigenvalue weighted by atomic mass is 35.5. The zero-order valence-corrected chi connectivity index (χ0v) is 19.5. The summed E-state index contributed by atoms with van der Waals surface area (Å²) in [5.74, 6) is 2.01. The normalized spacial score (nSPS) is 14.5. The first-order valence-electron chi connectivity index (χ1n) is 11.1. The van der Waals surface area contributed by atoms with Gasteiger partial charge in [-0.3, -0.25) is 9.59 Å². The highest BCUT2D eigenvalue weighted by Crippen LogP contribution is 2.33. The van der Waals surface area contributed by atoms with Crippen molar-refractivity contribution in [3.8, 4) is 17.2 Å². The van der Waals surface area contributed by atoms with Crippen LogP contribution in [0.25, 0.3) is 0 Å². The molecule has 0 unspecified atom stereocenters. The van der Waals surface area contributed by atoms with Crippen LogP contribution in [-0.4, -0.2) is 61.3 Å². The molecule has 1 saturated heterocycles. The van der Waals surface area contributed by atoms with Crippen molar-refractivity contribution in [2.75, 3.05) is 49.8 Å². The topological polar surface area (TPSA) is 93.2 Å². The van der Waals surface area contributed by atoms with Crippen molar-refractivity contribution in [1.82, 2.24) is 9.88 Å². The van der Waals surface area contributed by atoms with Gasteiger partial charge in [0.15, 0.2) is 23.9 Å². The quantitative estimate of drug-likeness (QED) is 0.561. The molecule has 0 aliphatic carbocycles. The molecule has 0 bridgehead atoms. The van der Waals surface area contributed by atoms with Crippen molar-refractivity contribution in [3.63, 3.8) is 0 Å². The molecule has 1 fully saturated rings. The number of nitrogens with zero attached hydrogens (tertiary/aromatic N) is 3. The zero-order chi connectivity index (χ0) is 24.2. The summed E-state index contributed by atoms with van der Waals surface area (Å²) in [6.45, 7) is 2.28. The molecule has 180 valence electrons. The minimum atomic E-state index is -0.274. The van der Waals surface area contributed by atoms with Gasteiger partial charge >= 0.3 is 0 Å². The van der Waals surface area contributed by atoms with Crippen molar-refractivity contribution >= 4 is 34.9 Å². The van der Waals surface area contributed by atoms with E-state index in [1.165, 1.54) is 0 Å². The molecule has 0 saturated carbocycles. The molecular weight excluding hydrogens is 472 g/mol. The fourth-order valence-electron chi connectivity index (χ4n) is 3.94. The molecule has 2 amide bonds. The van der Waals surface area contributed by atoms with E-state index >= 15 is 0 Å². The molecule has 1 aromatic heterocycles. The van der Waals surface area contributed by atoms with Gasteiger partial charge < -0.3 is 29.3 Å². The van der Waals surface area contributed by atoms with E-state index in [4.69, 9.17) is 25.8 Å². The number of nitrogens with one attached hydrogen (secondary N) is 1. The zero-order valence-electron chi connectivity index (χ0n) is 18.8. The van der Waals surface area contributed by atoms with Crippen molar-refractivity contribution in [2.24, 2.45) is 0 Å². The van der Waals surface area contributed by atoms with Gasteiger partial charge in [-0.05, 0) is 48.5 Å². The van der Waals surface area contributed by atoms with Crippen molar-refractivity contribution in [3.05, 3.63) is 71.4 Å². The fourth-order valence-corrected chi connectivity index (χ4v) is 4.12. The third-order valence-corrected chi connectivity index (χ3v) is 6.00. The Labute approximate surface area is 207 Å². The van der Waals surface area contributed by atoms with E-state index in [0.717, 1.165) is 0 Å². The number of amides is 2. The lowest BCUT2D eigenvalue weighted by atomic mass is 10.2. The first-order chi connectivity index (χ1) is 17.1. The Morgan fingerprint density at radius 2 is 1.83 bits per heavy atom. The number of aromatic nitrogens is 1. The second-order valence-electron chi connectivity index (χ2n) is 8.01. The van der Waals surface area contributed by atoms with Crippen LogP contribution in [0.2, 0.25) is 5.02 Å². The van der Waals surface area contributed by atoms with Gasteiger partial charge in [0.2, 0.25) is 6.79 Å². The molecule has 3 heterocycles. The third-order valence-electron chi connectivity index (χ3n) is 5.76. The number of benzene rings is 2. The summed E-state index contributed by atoms with van der Waals surface area (Å²) in [5.41, 5.74) is 1.05. The summed E-state index contributed by atoms with van der Waals surface area (Å²) in [7, 11) is 0. The Hall–Kier alpha value is -3.98. The number of carbonyl (C=O) groups excluding carboxylic acids is 2. The molecule has 35 heavy (non-hydrogen) atoms. The summed E-state index contributed by atoms with van der Waals surface area (Å²) in [6, 6.07) is 15.6. The van der Waals surface area contributed by atoms with Crippen LogP contribution in [-0.2, 0) is 4.79 Å². The van der Waals surface area contributed by atoms with Crippen molar-refractivity contribution < 1.29 is 23.8 Å². The van der Waals surface area contributed by atoms with E-state index in [0.29, 0.717) is 65.5 Å². The van der Waals surface area contributed by atoms with Crippen LogP contribution in [0.5, 0.6) is 17.2 Å². The Morgan fingerprint density at radius 1 is 1.00 bits per heavy atom. The number of piperazine rings is 1. The lowest BCUT2D eigenvalue weighted by molar-refractivity contribution is -0.133. The van der Waals surface area contributed by atoms with E-state index in [2.05, 4.69) is 15.2 Å². The molecule has 2 aromatic carbocycles. The maximum Gasteiger partial charge on any atom is 0.260 e. The van der Waals surface area contributed by atoms with Crippen LogP contribution >= 0.6 is 11.6 Å². The highest BCUT2D eigenvalue weighted by molar-refractivity contribution is 6.30. The largest absolute Gasteiger partial charge is 0.484 e. The molecule has 0 radical (unpaired) electrons. The minimum Gasteiger partial charge on any atom is -0.484 e. The summed E-state index contributed by atoms with van der Waals surface area (Å²) in [5, 5.41) is 3.50. The molecule has 2 aliphatic heterocycles. The average Bonchev–Trinajstić information content (AvgIpc) is 3.36. The fraction of sp³-hybridized carbons (Fsp3) is 0.240. The standard InChI is InChI=1S/C25H23ClN4O5/c26-18-3-1-4-19(14-18)33-15-23(31)29-9-11-30(12-10-29)24-20(5-2-8-27-24)28-25(32)17-6-7-21-22(13-17)35-16-34-21/h1-8,13-14H,9-12,15-16H2,(H,28,32). The smallest absolute Gasteiger partial charge is 0.260 e. The predicted octanol–water partition coefficient (Wildman–Crippen LogP) is 3.44. The lowest BCUT2D eigenvalue weighted by Crippen LogP contribution is -2.50. The summed E-state index contributed by atoms with van der Waals surface area (Å²) in [6.07, 6.45) is 1.68. The van der Waals surface area contributed by atoms with Gasteiger partial charge in [-0.1, -0.05) is 17.7 Å². The first-order valence-corrected chi connectivity index (χ1v) is 11.5. The van der Waals surface area contributed by atoms with E-state index in [1.54, 1.807) is 59.6 Å². The molecular formula is C25H23ClN4O5. The van der Waals surface area contributed by atoms with Gasteiger partial charge in [0.25, 0.3) is 11.8 Å². The Kier molecular flexibility index (Phi) is 6.58. The monoisotopic (exact) mass is 494 g/mol. The van der Waals surface area contributed by atoms with E-state index < -0.39 is 0 Å². The van der Waals surface area contributed by atoms with Crippen LogP contribution in [0.1, 0.15) is 10.4 Å². The van der Waals surface area contributed by atoms with Crippen LogP contribution < -0.4 is 24.4 Å². The summed E-state index contributed by atoms with van der Waals surface area (Å²) >= 11 is 5.96. The van der Waals surface area contributed by atoms with Crippen molar-refractivity contribution in [2.45, 2.75) is 0 Å². The number of carbonyl (C=O) groups is 2. The lowest BCUT2D eigenvalue weighted by Gasteiger charge is -2.36. The molecule has 1 N–H and O–H groups in total. The molecule has 10 heteroatoms. The Morgan fingerprint density at radius 3 is 2.66 bits per heavy atom. The number of rotatable bonds is 6. The number of hydrogen-bond donors (Lipinski definition) is 1. The van der Waals surface area contributed by atoms with Crippen LogP contribution in [0.4, 0.5) is 11.5 Å². The Balaban J connectivity index is 1.19. The predicted molar refractivity (Wildman–Crippen MR) is 130 cm³/mol. The Bertz CT molecular complexity index is 1250. The molecule has 0 spiro atoms.